The number of piperidine rings is 1. The molecule has 7 nitrogen and oxygen atoms in total. The van der Waals surface area contributed by atoms with Gasteiger partial charge in [0.1, 0.15) is 5.82 Å². The van der Waals surface area contributed by atoms with Crippen LogP contribution in [-0.2, 0) is 11.3 Å². The molecule has 0 N–H and O–H groups in total. The number of carbonyl (C=O) groups excluding carboxylic acids is 1. The maximum absolute atomic E-state index is 14.2. The van der Waals surface area contributed by atoms with E-state index >= 15 is 0 Å². The molecule has 0 spiro atoms. The summed E-state index contributed by atoms with van der Waals surface area (Å²) >= 11 is 0. The number of hydrogen-bond donors (Lipinski definition) is 0. The number of benzene rings is 2. The van der Waals surface area contributed by atoms with Gasteiger partial charge in [-0.25, -0.2) is 4.39 Å². The maximum Gasteiger partial charge on any atom is 0.314 e. The predicted octanol–water partition coefficient (Wildman–Crippen LogP) is 4.51. The Morgan fingerprint density at radius 3 is 2.44 bits per heavy atom. The van der Waals surface area contributed by atoms with Crippen LogP contribution >= 0.6 is 0 Å². The highest BCUT2D eigenvalue weighted by molar-refractivity contribution is 5.84. The molecular weight excluding hydrogens is 447 g/mol. The summed E-state index contributed by atoms with van der Waals surface area (Å²) in [5.41, 5.74) is 2.51. The monoisotopic (exact) mass is 473 g/mol. The van der Waals surface area contributed by atoms with Crippen LogP contribution in [0.25, 0.3) is 11.5 Å². The van der Waals surface area contributed by atoms with Gasteiger partial charge in [0.05, 0.1) is 17.9 Å². The van der Waals surface area contributed by atoms with E-state index in [2.05, 4.69) is 27.0 Å². The Hall–Kier alpha value is -3.40. The van der Waals surface area contributed by atoms with Crippen LogP contribution in [0, 0.1) is 5.82 Å². The van der Waals surface area contributed by atoms with Crippen molar-refractivity contribution in [2.75, 3.05) is 37.0 Å². The average Bonchev–Trinajstić information content (AvgIpc) is 3.34. The first-order valence-electron chi connectivity index (χ1n) is 11.0. The molecule has 180 valence electrons. The predicted molar refractivity (Wildman–Crippen MR) is 122 cm³/mol. The molecule has 34 heavy (non-hydrogen) atoms. The molecule has 0 unspecified atom stereocenters. The summed E-state index contributed by atoms with van der Waals surface area (Å²) in [5, 5.41) is 6.97. The van der Waals surface area contributed by atoms with E-state index in [1.54, 1.807) is 30.3 Å². The molecule has 0 saturated carbocycles. The van der Waals surface area contributed by atoms with Gasteiger partial charge in [-0.15, -0.1) is 10.2 Å². The molecule has 0 bridgehead atoms. The zero-order valence-electron chi connectivity index (χ0n) is 19.0. The second-order valence-corrected chi connectivity index (χ2v) is 8.45. The van der Waals surface area contributed by atoms with E-state index < -0.39 is 18.1 Å². The lowest BCUT2D eigenvalue weighted by molar-refractivity contribution is -0.107. The van der Waals surface area contributed by atoms with Crippen molar-refractivity contribution in [1.29, 1.82) is 0 Å². The first-order valence-corrected chi connectivity index (χ1v) is 11.0. The Morgan fingerprint density at radius 2 is 1.82 bits per heavy atom. The lowest BCUT2D eigenvalue weighted by Gasteiger charge is -2.38. The molecule has 2 heterocycles. The number of amides is 1. The van der Waals surface area contributed by atoms with Crippen LogP contribution < -0.4 is 9.80 Å². The van der Waals surface area contributed by atoms with Crippen molar-refractivity contribution in [2.45, 2.75) is 31.9 Å². The molecule has 1 aromatic heterocycles. The van der Waals surface area contributed by atoms with Crippen LogP contribution in [0.4, 0.5) is 24.5 Å². The Bertz CT molecular complexity index is 1110. The van der Waals surface area contributed by atoms with Gasteiger partial charge in [-0.3, -0.25) is 4.79 Å². The molecule has 1 fully saturated rings. The third-order valence-corrected chi connectivity index (χ3v) is 6.17. The van der Waals surface area contributed by atoms with Gasteiger partial charge in [0, 0.05) is 18.7 Å². The molecule has 1 amide bonds. The van der Waals surface area contributed by atoms with Crippen LogP contribution in [0.5, 0.6) is 0 Å². The third-order valence-electron chi connectivity index (χ3n) is 6.17. The molecule has 0 radical (unpaired) electrons. The minimum Gasteiger partial charge on any atom is -0.415 e. The molecule has 0 atom stereocenters. The van der Waals surface area contributed by atoms with E-state index in [0.29, 0.717) is 23.7 Å². The molecule has 1 saturated heterocycles. The molecular formula is C24H26F3N5O2. The van der Waals surface area contributed by atoms with E-state index in [0.717, 1.165) is 37.2 Å². The third kappa shape index (κ3) is 5.22. The van der Waals surface area contributed by atoms with Crippen molar-refractivity contribution in [3.63, 3.8) is 0 Å². The normalized spacial score (nSPS) is 15.0. The van der Waals surface area contributed by atoms with Gasteiger partial charge in [0.2, 0.25) is 12.3 Å². The SMILES string of the molecule is CN1CCC(N(C)c2ccc(F)cc2N(C=O)Cc2ccc(-c3nnc(C(F)F)o3)cc2)CC1. The second-order valence-electron chi connectivity index (χ2n) is 8.45. The van der Waals surface area contributed by atoms with Crippen molar-refractivity contribution in [3.05, 3.63) is 59.7 Å². The van der Waals surface area contributed by atoms with Crippen LogP contribution in [0.2, 0.25) is 0 Å². The van der Waals surface area contributed by atoms with Gasteiger partial charge in [0.15, 0.2) is 0 Å². The number of anilines is 2. The Morgan fingerprint density at radius 1 is 1.12 bits per heavy atom. The summed E-state index contributed by atoms with van der Waals surface area (Å²) in [4.78, 5) is 17.9. The Labute approximate surface area is 195 Å². The molecule has 3 aromatic rings. The van der Waals surface area contributed by atoms with E-state index in [9.17, 15) is 18.0 Å². The van der Waals surface area contributed by atoms with Crippen molar-refractivity contribution in [3.8, 4) is 11.5 Å². The average molecular weight is 473 g/mol. The lowest BCUT2D eigenvalue weighted by atomic mass is 10.0. The zero-order chi connectivity index (χ0) is 24.2. The minimum absolute atomic E-state index is 0.0127. The number of hydrogen-bond acceptors (Lipinski definition) is 6. The van der Waals surface area contributed by atoms with Crippen molar-refractivity contribution in [1.82, 2.24) is 15.1 Å². The smallest absolute Gasteiger partial charge is 0.314 e. The molecule has 0 aliphatic carbocycles. The van der Waals surface area contributed by atoms with Crippen LogP contribution in [0.3, 0.4) is 0 Å². The second kappa shape index (κ2) is 10.3. The first-order chi connectivity index (χ1) is 16.4. The highest BCUT2D eigenvalue weighted by atomic mass is 19.3. The fourth-order valence-corrected chi connectivity index (χ4v) is 4.17. The van der Waals surface area contributed by atoms with Gasteiger partial charge >= 0.3 is 6.43 Å². The van der Waals surface area contributed by atoms with Crippen molar-refractivity contribution < 1.29 is 22.4 Å². The van der Waals surface area contributed by atoms with Crippen molar-refractivity contribution in [2.24, 2.45) is 0 Å². The van der Waals surface area contributed by atoms with Crippen molar-refractivity contribution >= 4 is 17.8 Å². The Kier molecular flexibility index (Phi) is 7.16. The largest absolute Gasteiger partial charge is 0.415 e. The lowest BCUT2D eigenvalue weighted by Crippen LogP contribution is -2.42. The number of rotatable bonds is 8. The highest BCUT2D eigenvalue weighted by Gasteiger charge is 2.24. The summed E-state index contributed by atoms with van der Waals surface area (Å²) in [6, 6.07) is 11.5. The molecule has 1 aliphatic heterocycles. The quantitative estimate of drug-likeness (QED) is 0.449. The number of alkyl halides is 2. The van der Waals surface area contributed by atoms with Crippen LogP contribution in [0.15, 0.2) is 46.9 Å². The van der Waals surface area contributed by atoms with Crippen LogP contribution in [-0.4, -0.2) is 54.7 Å². The summed E-state index contributed by atoms with van der Waals surface area (Å²) in [6.07, 6.45) is -0.193. The van der Waals surface area contributed by atoms with Gasteiger partial charge in [-0.1, -0.05) is 12.1 Å². The zero-order valence-corrected chi connectivity index (χ0v) is 19.0. The standard InChI is InChI=1S/C24H26F3N5O2/c1-30-11-9-19(10-12-30)31(2)20-8-7-18(25)13-21(20)32(15-33)14-16-3-5-17(6-4-16)23-28-29-24(34-23)22(26)27/h3-8,13,15,19,22H,9-12,14H2,1-2H3. The minimum atomic E-state index is -2.84. The number of likely N-dealkylation sites (tertiary alicyclic amines) is 1. The molecule has 10 heteroatoms. The number of carbonyl (C=O) groups is 1. The molecule has 2 aromatic carbocycles. The van der Waals surface area contributed by atoms with E-state index in [1.165, 1.54) is 17.0 Å². The summed E-state index contributed by atoms with van der Waals surface area (Å²) in [7, 11) is 4.07. The fourth-order valence-electron chi connectivity index (χ4n) is 4.17. The number of halogens is 3. The topological polar surface area (TPSA) is 65.7 Å². The maximum atomic E-state index is 14.2. The number of nitrogens with zero attached hydrogens (tertiary/aromatic N) is 5. The number of aromatic nitrogens is 2. The fraction of sp³-hybridized carbons (Fsp3) is 0.375. The molecule has 1 aliphatic rings. The van der Waals surface area contributed by atoms with Gasteiger partial charge in [-0.2, -0.15) is 8.78 Å². The van der Waals surface area contributed by atoms with E-state index in [4.69, 9.17) is 4.42 Å². The first kappa shape index (κ1) is 23.7. The van der Waals surface area contributed by atoms with Gasteiger partial charge in [0.25, 0.3) is 5.89 Å². The van der Waals surface area contributed by atoms with Gasteiger partial charge < -0.3 is 19.1 Å². The van der Waals surface area contributed by atoms with E-state index in [-0.39, 0.29) is 12.4 Å². The summed E-state index contributed by atoms with van der Waals surface area (Å²) < 4.78 is 44.5. The summed E-state index contributed by atoms with van der Waals surface area (Å²) in [6.45, 7) is 2.16. The molecule has 4 rings (SSSR count). The van der Waals surface area contributed by atoms with E-state index in [1.807, 2.05) is 7.05 Å². The highest BCUT2D eigenvalue weighted by Crippen LogP contribution is 2.33. The summed E-state index contributed by atoms with van der Waals surface area (Å²) in [5.74, 6) is -1.18. The Balaban J connectivity index is 1.54. The van der Waals surface area contributed by atoms with Crippen LogP contribution in [0.1, 0.15) is 30.7 Å². The van der Waals surface area contributed by atoms with Gasteiger partial charge in [-0.05, 0) is 68.9 Å².